The molecule has 1 rings (SSSR count). The zero-order valence-corrected chi connectivity index (χ0v) is 8.56. The molecule has 0 aliphatic heterocycles. The Kier molecular flexibility index (Phi) is 2.61. The molecule has 0 heterocycles. The first kappa shape index (κ1) is 10.1. The molecule has 0 bridgehead atoms. The Hall–Kier alpha value is -1.03. The van der Waals surface area contributed by atoms with Crippen LogP contribution in [0.1, 0.15) is 12.5 Å². The smallest absolute Gasteiger partial charge is 0.180 e. The monoisotopic (exact) mass is 199 g/mol. The van der Waals surface area contributed by atoms with E-state index in [0.29, 0.717) is 5.69 Å². The fraction of sp³-hybridized carbons (Fsp3) is 0.333. The van der Waals surface area contributed by atoms with E-state index in [2.05, 4.69) is 0 Å². The van der Waals surface area contributed by atoms with Gasteiger partial charge in [0.05, 0.1) is 16.3 Å². The Labute approximate surface area is 78.5 Å². The van der Waals surface area contributed by atoms with Crippen LogP contribution in [0, 0.1) is 6.92 Å². The third-order valence-electron chi connectivity index (χ3n) is 1.88. The van der Waals surface area contributed by atoms with Crippen LogP contribution in [0.2, 0.25) is 0 Å². The first-order valence-electron chi connectivity index (χ1n) is 4.06. The number of hydrogen-bond donors (Lipinski definition) is 1. The van der Waals surface area contributed by atoms with E-state index in [0.717, 1.165) is 5.56 Å². The van der Waals surface area contributed by atoms with Crippen LogP contribution in [0.3, 0.4) is 0 Å². The highest BCUT2D eigenvalue weighted by Gasteiger charge is 2.14. The number of anilines is 1. The average molecular weight is 199 g/mol. The van der Waals surface area contributed by atoms with E-state index in [1.54, 1.807) is 25.1 Å². The molecule has 0 aliphatic rings. The SMILES string of the molecule is CCS(=O)(=O)c1cc(C)ccc1N. The molecule has 13 heavy (non-hydrogen) atoms. The van der Waals surface area contributed by atoms with E-state index in [-0.39, 0.29) is 10.6 Å². The van der Waals surface area contributed by atoms with Crippen molar-refractivity contribution >= 4 is 15.5 Å². The van der Waals surface area contributed by atoms with E-state index in [4.69, 9.17) is 5.73 Å². The quantitative estimate of drug-likeness (QED) is 0.732. The lowest BCUT2D eigenvalue weighted by atomic mass is 10.2. The van der Waals surface area contributed by atoms with E-state index in [1.165, 1.54) is 0 Å². The van der Waals surface area contributed by atoms with Gasteiger partial charge in [0.1, 0.15) is 0 Å². The van der Waals surface area contributed by atoms with Crippen molar-refractivity contribution in [1.29, 1.82) is 0 Å². The van der Waals surface area contributed by atoms with Crippen molar-refractivity contribution in [2.24, 2.45) is 0 Å². The van der Waals surface area contributed by atoms with Gasteiger partial charge in [0, 0.05) is 0 Å². The van der Waals surface area contributed by atoms with Gasteiger partial charge in [-0.1, -0.05) is 13.0 Å². The second kappa shape index (κ2) is 3.38. The minimum absolute atomic E-state index is 0.0840. The van der Waals surface area contributed by atoms with Crippen LogP contribution in [0.15, 0.2) is 23.1 Å². The molecular formula is C9H13NO2S. The molecule has 0 saturated carbocycles. The first-order valence-corrected chi connectivity index (χ1v) is 5.71. The van der Waals surface area contributed by atoms with Gasteiger partial charge in [0.25, 0.3) is 0 Å². The topological polar surface area (TPSA) is 60.2 Å². The van der Waals surface area contributed by atoms with E-state index in [9.17, 15) is 8.42 Å². The van der Waals surface area contributed by atoms with Gasteiger partial charge in [-0.05, 0) is 24.6 Å². The Morgan fingerprint density at radius 2 is 2.00 bits per heavy atom. The molecule has 0 atom stereocenters. The third-order valence-corrected chi connectivity index (χ3v) is 3.67. The molecule has 0 radical (unpaired) electrons. The van der Waals surface area contributed by atoms with Gasteiger partial charge in [-0.3, -0.25) is 0 Å². The van der Waals surface area contributed by atoms with Crippen LogP contribution < -0.4 is 5.73 Å². The van der Waals surface area contributed by atoms with Gasteiger partial charge in [-0.2, -0.15) is 0 Å². The van der Waals surface area contributed by atoms with Crippen molar-refractivity contribution in [3.63, 3.8) is 0 Å². The Morgan fingerprint density at radius 1 is 1.38 bits per heavy atom. The minimum Gasteiger partial charge on any atom is -0.398 e. The summed E-state index contributed by atoms with van der Waals surface area (Å²) >= 11 is 0. The fourth-order valence-electron chi connectivity index (χ4n) is 1.07. The van der Waals surface area contributed by atoms with E-state index in [1.807, 2.05) is 6.92 Å². The Morgan fingerprint density at radius 3 is 2.54 bits per heavy atom. The molecule has 1 aromatic rings. The van der Waals surface area contributed by atoms with Crippen molar-refractivity contribution in [2.45, 2.75) is 18.7 Å². The molecule has 0 amide bonds. The Bertz CT molecular complexity index is 410. The molecule has 72 valence electrons. The third kappa shape index (κ3) is 2.01. The van der Waals surface area contributed by atoms with Crippen molar-refractivity contribution < 1.29 is 8.42 Å². The summed E-state index contributed by atoms with van der Waals surface area (Å²) in [7, 11) is -3.18. The molecule has 4 heteroatoms. The zero-order valence-electron chi connectivity index (χ0n) is 7.74. The molecular weight excluding hydrogens is 186 g/mol. The van der Waals surface area contributed by atoms with Crippen LogP contribution in [-0.4, -0.2) is 14.2 Å². The predicted octanol–water partition coefficient (Wildman–Crippen LogP) is 1.37. The summed E-state index contributed by atoms with van der Waals surface area (Å²) in [6.45, 7) is 3.45. The summed E-state index contributed by atoms with van der Waals surface area (Å²) in [4.78, 5) is 0.245. The molecule has 0 fully saturated rings. The molecule has 3 nitrogen and oxygen atoms in total. The number of nitrogen functional groups attached to an aromatic ring is 1. The van der Waals surface area contributed by atoms with Crippen molar-refractivity contribution in [3.05, 3.63) is 23.8 Å². The summed E-state index contributed by atoms with van der Waals surface area (Å²) in [6, 6.07) is 5.02. The number of rotatable bonds is 2. The molecule has 0 saturated heterocycles. The highest BCUT2D eigenvalue weighted by Crippen LogP contribution is 2.20. The highest BCUT2D eigenvalue weighted by molar-refractivity contribution is 7.91. The fourth-order valence-corrected chi connectivity index (χ4v) is 2.17. The van der Waals surface area contributed by atoms with Gasteiger partial charge in [-0.15, -0.1) is 0 Å². The summed E-state index contributed by atoms with van der Waals surface area (Å²) in [5.74, 6) is 0.0840. The number of aryl methyl sites for hydroxylation is 1. The molecule has 0 unspecified atom stereocenters. The maximum Gasteiger partial charge on any atom is 0.180 e. The molecule has 0 spiro atoms. The lowest BCUT2D eigenvalue weighted by Gasteiger charge is -2.05. The summed E-state index contributed by atoms with van der Waals surface area (Å²) in [5.41, 5.74) is 6.80. The highest BCUT2D eigenvalue weighted by atomic mass is 32.2. The van der Waals surface area contributed by atoms with Crippen LogP contribution in [0.5, 0.6) is 0 Å². The van der Waals surface area contributed by atoms with Gasteiger partial charge in [-0.25, -0.2) is 8.42 Å². The standard InChI is InChI=1S/C9H13NO2S/c1-3-13(11,12)9-6-7(2)4-5-8(9)10/h4-6H,3,10H2,1-2H3. The Balaban J connectivity index is 3.38. The van der Waals surface area contributed by atoms with Crippen molar-refractivity contribution in [2.75, 3.05) is 11.5 Å². The second-order valence-corrected chi connectivity index (χ2v) is 5.19. The first-order chi connectivity index (χ1) is 5.97. The predicted molar refractivity (Wildman–Crippen MR) is 53.3 cm³/mol. The number of hydrogen-bond acceptors (Lipinski definition) is 3. The molecule has 0 aliphatic carbocycles. The van der Waals surface area contributed by atoms with Crippen LogP contribution in [0.25, 0.3) is 0 Å². The zero-order chi connectivity index (χ0) is 10.1. The summed E-state index contributed by atoms with van der Waals surface area (Å²) < 4.78 is 23.0. The van der Waals surface area contributed by atoms with Crippen molar-refractivity contribution in [3.8, 4) is 0 Å². The van der Waals surface area contributed by atoms with Gasteiger partial charge in [0.2, 0.25) is 0 Å². The van der Waals surface area contributed by atoms with Gasteiger partial charge >= 0.3 is 0 Å². The summed E-state index contributed by atoms with van der Waals surface area (Å²) in [5, 5.41) is 0. The second-order valence-electron chi connectivity index (χ2n) is 2.94. The summed E-state index contributed by atoms with van der Waals surface area (Å²) in [6.07, 6.45) is 0. The number of nitrogens with two attached hydrogens (primary N) is 1. The maximum absolute atomic E-state index is 11.5. The molecule has 0 aromatic heterocycles. The van der Waals surface area contributed by atoms with Crippen LogP contribution in [0.4, 0.5) is 5.69 Å². The van der Waals surface area contributed by atoms with Crippen LogP contribution >= 0.6 is 0 Å². The van der Waals surface area contributed by atoms with Crippen molar-refractivity contribution in [1.82, 2.24) is 0 Å². The number of benzene rings is 1. The van der Waals surface area contributed by atoms with E-state index >= 15 is 0 Å². The lowest BCUT2D eigenvalue weighted by Crippen LogP contribution is -2.07. The lowest BCUT2D eigenvalue weighted by molar-refractivity contribution is 0.597. The molecule has 2 N–H and O–H groups in total. The number of sulfone groups is 1. The normalized spacial score (nSPS) is 11.5. The van der Waals surface area contributed by atoms with Crippen LogP contribution in [-0.2, 0) is 9.84 Å². The largest absolute Gasteiger partial charge is 0.398 e. The maximum atomic E-state index is 11.5. The average Bonchev–Trinajstić information content (AvgIpc) is 2.09. The minimum atomic E-state index is -3.18. The molecule has 1 aromatic carbocycles. The van der Waals surface area contributed by atoms with Gasteiger partial charge in [0.15, 0.2) is 9.84 Å². The van der Waals surface area contributed by atoms with E-state index < -0.39 is 9.84 Å². The van der Waals surface area contributed by atoms with Gasteiger partial charge < -0.3 is 5.73 Å².